The second-order valence-electron chi connectivity index (χ2n) is 4.69. The third kappa shape index (κ3) is 4.00. The van der Waals surface area contributed by atoms with Crippen LogP contribution in [0.4, 0.5) is 4.39 Å². The lowest BCUT2D eigenvalue weighted by atomic mass is 10.2. The molecular weight excluding hydrogens is 271 g/mol. The third-order valence-electron chi connectivity index (χ3n) is 2.88. The van der Waals surface area contributed by atoms with Gasteiger partial charge in [-0.3, -0.25) is 4.79 Å². The number of halogens is 1. The van der Waals surface area contributed by atoms with Gasteiger partial charge in [0.05, 0.1) is 6.26 Å². The molecule has 104 valence electrons. The highest BCUT2D eigenvalue weighted by molar-refractivity contribution is 7.88. The number of benzene rings is 1. The molecule has 1 amide bonds. The molecule has 1 heterocycles. The number of amides is 1. The molecule has 0 spiro atoms. The van der Waals surface area contributed by atoms with Crippen LogP contribution in [0.5, 0.6) is 0 Å². The second-order valence-corrected chi connectivity index (χ2v) is 6.47. The Balaban J connectivity index is 1.98. The third-order valence-corrected chi connectivity index (χ3v) is 3.64. The summed E-state index contributed by atoms with van der Waals surface area (Å²) in [6.07, 6.45) is 1.23. The van der Waals surface area contributed by atoms with Crippen molar-refractivity contribution < 1.29 is 17.6 Å². The standard InChI is InChI=1S/C12H15FN2O3S/c1-19(17,18)14-11-6-12(16)15(8-11)7-9-2-4-10(13)5-3-9/h2-5,11,14H,6-8H2,1H3. The highest BCUT2D eigenvalue weighted by atomic mass is 32.2. The van der Waals surface area contributed by atoms with Crippen LogP contribution in [0.15, 0.2) is 24.3 Å². The number of hydrogen-bond acceptors (Lipinski definition) is 3. The van der Waals surface area contributed by atoms with Gasteiger partial charge in [-0.1, -0.05) is 12.1 Å². The minimum atomic E-state index is -3.31. The van der Waals surface area contributed by atoms with Gasteiger partial charge >= 0.3 is 0 Å². The van der Waals surface area contributed by atoms with Gasteiger partial charge in [-0.25, -0.2) is 17.5 Å². The van der Waals surface area contributed by atoms with E-state index in [4.69, 9.17) is 0 Å². The van der Waals surface area contributed by atoms with Gasteiger partial charge < -0.3 is 4.90 Å². The second kappa shape index (κ2) is 5.26. The molecule has 0 saturated carbocycles. The summed E-state index contributed by atoms with van der Waals surface area (Å²) in [5.74, 6) is -0.432. The van der Waals surface area contributed by atoms with Crippen LogP contribution in [0.2, 0.25) is 0 Å². The van der Waals surface area contributed by atoms with Crippen LogP contribution >= 0.6 is 0 Å². The van der Waals surface area contributed by atoms with Gasteiger partial charge in [0.2, 0.25) is 15.9 Å². The first-order chi connectivity index (χ1) is 8.83. The Morgan fingerprint density at radius 1 is 1.37 bits per heavy atom. The van der Waals surface area contributed by atoms with Crippen LogP contribution in [0.1, 0.15) is 12.0 Å². The summed E-state index contributed by atoms with van der Waals surface area (Å²) in [6.45, 7) is 0.699. The van der Waals surface area contributed by atoms with Crippen molar-refractivity contribution in [1.82, 2.24) is 9.62 Å². The first-order valence-corrected chi connectivity index (χ1v) is 7.72. The predicted molar refractivity (Wildman–Crippen MR) is 68.2 cm³/mol. The summed E-state index contributed by atoms with van der Waals surface area (Å²) in [5.41, 5.74) is 0.815. The molecule has 2 rings (SSSR count). The van der Waals surface area contributed by atoms with E-state index in [0.717, 1.165) is 11.8 Å². The summed E-state index contributed by atoms with van der Waals surface area (Å²) < 4.78 is 37.4. The monoisotopic (exact) mass is 286 g/mol. The quantitative estimate of drug-likeness (QED) is 0.875. The zero-order chi connectivity index (χ0) is 14.0. The molecule has 1 unspecified atom stereocenters. The van der Waals surface area contributed by atoms with E-state index in [-0.39, 0.29) is 24.2 Å². The van der Waals surface area contributed by atoms with Crippen molar-refractivity contribution in [1.29, 1.82) is 0 Å². The number of likely N-dealkylation sites (tertiary alicyclic amines) is 1. The van der Waals surface area contributed by atoms with Gasteiger partial charge in [0.15, 0.2) is 0 Å². The fraction of sp³-hybridized carbons (Fsp3) is 0.417. The zero-order valence-electron chi connectivity index (χ0n) is 10.5. The van der Waals surface area contributed by atoms with Crippen LogP contribution in [-0.2, 0) is 21.4 Å². The zero-order valence-corrected chi connectivity index (χ0v) is 11.3. The van der Waals surface area contributed by atoms with Crippen molar-refractivity contribution in [2.45, 2.75) is 19.0 Å². The molecule has 1 fully saturated rings. The van der Waals surface area contributed by atoms with Crippen LogP contribution in [0.25, 0.3) is 0 Å². The molecule has 0 aromatic heterocycles. The maximum atomic E-state index is 12.8. The van der Waals surface area contributed by atoms with Gasteiger partial charge in [0.1, 0.15) is 5.82 Å². The van der Waals surface area contributed by atoms with Gasteiger partial charge in [-0.05, 0) is 17.7 Å². The van der Waals surface area contributed by atoms with E-state index in [0.29, 0.717) is 13.1 Å². The molecule has 7 heteroatoms. The molecular formula is C12H15FN2O3S. The summed E-state index contributed by atoms with van der Waals surface area (Å²) >= 11 is 0. The lowest BCUT2D eigenvalue weighted by Crippen LogP contribution is -2.36. The number of hydrogen-bond donors (Lipinski definition) is 1. The molecule has 1 aromatic rings. The molecule has 1 atom stereocenters. The van der Waals surface area contributed by atoms with Crippen molar-refractivity contribution in [3.8, 4) is 0 Å². The summed E-state index contributed by atoms with van der Waals surface area (Å²) in [4.78, 5) is 13.3. The highest BCUT2D eigenvalue weighted by Gasteiger charge is 2.31. The Kier molecular flexibility index (Phi) is 3.86. The van der Waals surface area contributed by atoms with Crippen LogP contribution < -0.4 is 4.72 Å². The Hall–Kier alpha value is -1.47. The Bertz CT molecular complexity index is 571. The van der Waals surface area contributed by atoms with Crippen LogP contribution in [0, 0.1) is 5.82 Å². The van der Waals surface area contributed by atoms with Crippen molar-refractivity contribution in [3.05, 3.63) is 35.6 Å². The van der Waals surface area contributed by atoms with E-state index < -0.39 is 10.0 Å². The molecule has 19 heavy (non-hydrogen) atoms. The SMILES string of the molecule is CS(=O)(=O)NC1CC(=O)N(Cc2ccc(F)cc2)C1. The number of nitrogens with zero attached hydrogens (tertiary/aromatic N) is 1. The largest absolute Gasteiger partial charge is 0.337 e. The van der Waals surface area contributed by atoms with Gasteiger partial charge in [0.25, 0.3) is 0 Å². The Morgan fingerprint density at radius 3 is 2.58 bits per heavy atom. The number of rotatable bonds is 4. The van der Waals surface area contributed by atoms with E-state index in [1.165, 1.54) is 12.1 Å². The molecule has 1 aliphatic heterocycles. The van der Waals surface area contributed by atoms with Gasteiger partial charge in [-0.15, -0.1) is 0 Å². The fourth-order valence-corrected chi connectivity index (χ4v) is 2.88. The molecule has 0 radical (unpaired) electrons. The summed E-state index contributed by atoms with van der Waals surface area (Å²) in [5, 5.41) is 0. The van der Waals surface area contributed by atoms with E-state index in [1.807, 2.05) is 0 Å². The smallest absolute Gasteiger partial charge is 0.224 e. The van der Waals surface area contributed by atoms with E-state index in [9.17, 15) is 17.6 Å². The van der Waals surface area contributed by atoms with E-state index >= 15 is 0 Å². The number of carbonyl (C=O) groups is 1. The first-order valence-electron chi connectivity index (χ1n) is 5.83. The maximum Gasteiger partial charge on any atom is 0.224 e. The molecule has 0 bridgehead atoms. The number of sulfonamides is 1. The Morgan fingerprint density at radius 2 is 2.00 bits per heavy atom. The van der Waals surface area contributed by atoms with Crippen molar-refractivity contribution in [2.75, 3.05) is 12.8 Å². The summed E-state index contributed by atoms with van der Waals surface area (Å²) in [6, 6.07) is 5.51. The normalized spacial score (nSPS) is 20.0. The number of carbonyl (C=O) groups excluding carboxylic acids is 1. The molecule has 0 aliphatic carbocycles. The lowest BCUT2D eigenvalue weighted by molar-refractivity contribution is -0.128. The highest BCUT2D eigenvalue weighted by Crippen LogP contribution is 2.15. The molecule has 1 saturated heterocycles. The molecule has 5 nitrogen and oxygen atoms in total. The molecule has 1 aliphatic rings. The van der Waals surface area contributed by atoms with E-state index in [1.54, 1.807) is 17.0 Å². The lowest BCUT2D eigenvalue weighted by Gasteiger charge is -2.16. The van der Waals surface area contributed by atoms with Gasteiger partial charge in [-0.2, -0.15) is 0 Å². The average molecular weight is 286 g/mol. The van der Waals surface area contributed by atoms with Crippen molar-refractivity contribution >= 4 is 15.9 Å². The fourth-order valence-electron chi connectivity index (χ4n) is 2.12. The van der Waals surface area contributed by atoms with Gasteiger partial charge in [0, 0.05) is 25.6 Å². The van der Waals surface area contributed by atoms with Crippen molar-refractivity contribution in [3.63, 3.8) is 0 Å². The van der Waals surface area contributed by atoms with Crippen LogP contribution in [-0.4, -0.2) is 38.1 Å². The topological polar surface area (TPSA) is 66.5 Å². The minimum Gasteiger partial charge on any atom is -0.337 e. The maximum absolute atomic E-state index is 12.8. The Labute approximate surface area is 111 Å². The first kappa shape index (κ1) is 14.0. The molecule has 1 N–H and O–H groups in total. The summed E-state index contributed by atoms with van der Waals surface area (Å²) in [7, 11) is -3.31. The van der Waals surface area contributed by atoms with Crippen LogP contribution in [0.3, 0.4) is 0 Å². The number of nitrogens with one attached hydrogen (secondary N) is 1. The minimum absolute atomic E-state index is 0.106. The predicted octanol–water partition coefficient (Wildman–Crippen LogP) is 0.476. The van der Waals surface area contributed by atoms with E-state index in [2.05, 4.69) is 4.72 Å². The average Bonchev–Trinajstić information content (AvgIpc) is 2.60. The van der Waals surface area contributed by atoms with Crippen molar-refractivity contribution in [2.24, 2.45) is 0 Å². The molecule has 1 aromatic carbocycles.